The lowest BCUT2D eigenvalue weighted by molar-refractivity contribution is 0.0965. The number of hydrogen-bond acceptors (Lipinski definition) is 5. The Morgan fingerprint density at radius 1 is 1.17 bits per heavy atom. The number of sulfonamides is 1. The number of benzene rings is 2. The van der Waals surface area contributed by atoms with Crippen molar-refractivity contribution in [2.24, 2.45) is 0 Å². The van der Waals surface area contributed by atoms with E-state index in [-0.39, 0.29) is 17.8 Å². The van der Waals surface area contributed by atoms with Crippen LogP contribution >= 0.6 is 11.3 Å². The minimum atomic E-state index is -3.53. The van der Waals surface area contributed by atoms with E-state index in [0.29, 0.717) is 37.5 Å². The molecule has 0 saturated carbocycles. The number of anilines is 1. The highest BCUT2D eigenvalue weighted by Gasteiger charge is 2.22. The van der Waals surface area contributed by atoms with E-state index in [1.54, 1.807) is 24.3 Å². The summed E-state index contributed by atoms with van der Waals surface area (Å²) in [5.74, 6) is -0.343. The molecule has 1 amide bonds. The molecule has 2 N–H and O–H groups in total. The van der Waals surface area contributed by atoms with Gasteiger partial charge in [0.2, 0.25) is 10.0 Å². The molecular weight excluding hydrogens is 415 g/mol. The van der Waals surface area contributed by atoms with Crippen molar-refractivity contribution in [1.82, 2.24) is 5.32 Å². The Morgan fingerprint density at radius 3 is 2.38 bits per heavy atom. The van der Waals surface area contributed by atoms with E-state index < -0.39 is 10.0 Å². The molecular formula is C20H21FN2O4S2. The number of hydrogen-bond donors (Lipinski definition) is 2. The maximum atomic E-state index is 13.4. The molecule has 0 bridgehead atoms. The number of carbonyl (C=O) groups excluding carboxylic acids is 1. The Hall–Kier alpha value is -2.65. The first kappa shape index (κ1) is 21.1. The Labute approximate surface area is 172 Å². The van der Waals surface area contributed by atoms with Crippen LogP contribution in [-0.2, 0) is 10.0 Å². The van der Waals surface area contributed by atoms with Gasteiger partial charge in [-0.05, 0) is 43.7 Å². The van der Waals surface area contributed by atoms with Gasteiger partial charge in [0, 0.05) is 22.0 Å². The van der Waals surface area contributed by atoms with Crippen LogP contribution in [0.25, 0.3) is 20.5 Å². The first-order chi connectivity index (χ1) is 13.6. The van der Waals surface area contributed by atoms with Gasteiger partial charge in [0.15, 0.2) is 0 Å². The molecule has 0 radical (unpaired) electrons. The Kier molecular flexibility index (Phi) is 5.81. The molecule has 1 heterocycles. The molecule has 2 aromatic carbocycles. The van der Waals surface area contributed by atoms with Crippen LogP contribution in [0.4, 0.5) is 10.1 Å². The van der Waals surface area contributed by atoms with Gasteiger partial charge >= 0.3 is 0 Å². The first-order valence-corrected chi connectivity index (χ1v) is 11.5. The Balaban J connectivity index is 2.30. The number of nitrogens with one attached hydrogen (secondary N) is 2. The highest BCUT2D eigenvalue weighted by atomic mass is 32.2. The minimum absolute atomic E-state index is 0.203. The fraction of sp³-hybridized carbons (Fsp3) is 0.250. The van der Waals surface area contributed by atoms with Crippen molar-refractivity contribution in [3.8, 4) is 16.2 Å². The molecule has 3 aromatic rings. The molecule has 0 aliphatic heterocycles. The summed E-state index contributed by atoms with van der Waals surface area (Å²) in [6, 6.07) is 9.19. The second-order valence-corrected chi connectivity index (χ2v) is 9.58. The Morgan fingerprint density at radius 2 is 1.83 bits per heavy atom. The van der Waals surface area contributed by atoms with E-state index in [4.69, 9.17) is 4.74 Å². The topological polar surface area (TPSA) is 84.5 Å². The van der Waals surface area contributed by atoms with Gasteiger partial charge in [-0.1, -0.05) is 12.1 Å². The van der Waals surface area contributed by atoms with Crippen molar-refractivity contribution in [2.75, 3.05) is 18.0 Å². The van der Waals surface area contributed by atoms with Crippen LogP contribution in [0.5, 0.6) is 5.75 Å². The van der Waals surface area contributed by atoms with E-state index >= 15 is 0 Å². The molecule has 0 unspecified atom stereocenters. The van der Waals surface area contributed by atoms with Crippen LogP contribution in [0.3, 0.4) is 0 Å². The number of halogens is 1. The molecule has 1 aromatic heterocycles. The second kappa shape index (κ2) is 8.00. The molecule has 0 fully saturated rings. The van der Waals surface area contributed by atoms with Crippen LogP contribution in [0.1, 0.15) is 24.2 Å². The number of fused-ring (bicyclic) bond motifs is 1. The van der Waals surface area contributed by atoms with Gasteiger partial charge in [-0.25, -0.2) is 12.8 Å². The van der Waals surface area contributed by atoms with Gasteiger partial charge in [-0.2, -0.15) is 0 Å². The summed E-state index contributed by atoms with van der Waals surface area (Å²) in [7, 11) is -2.00. The van der Waals surface area contributed by atoms with Crippen molar-refractivity contribution in [1.29, 1.82) is 0 Å². The monoisotopic (exact) mass is 436 g/mol. The smallest absolute Gasteiger partial charge is 0.253 e. The van der Waals surface area contributed by atoms with Crippen molar-refractivity contribution in [2.45, 2.75) is 20.0 Å². The van der Waals surface area contributed by atoms with E-state index in [2.05, 4.69) is 10.0 Å². The van der Waals surface area contributed by atoms with Gasteiger partial charge < -0.3 is 10.1 Å². The van der Waals surface area contributed by atoms with Crippen LogP contribution in [0, 0.1) is 5.82 Å². The second-order valence-electron chi connectivity index (χ2n) is 6.78. The summed E-state index contributed by atoms with van der Waals surface area (Å²) in [6.45, 7) is 3.65. The zero-order chi connectivity index (χ0) is 21.3. The molecule has 154 valence electrons. The number of rotatable bonds is 6. The zero-order valence-electron chi connectivity index (χ0n) is 16.4. The summed E-state index contributed by atoms with van der Waals surface area (Å²) in [5.41, 5.74) is 1.41. The predicted octanol–water partition coefficient (Wildman–Crippen LogP) is 4.23. The van der Waals surface area contributed by atoms with Crippen molar-refractivity contribution in [3.05, 3.63) is 47.8 Å². The van der Waals surface area contributed by atoms with Crippen molar-refractivity contribution < 1.29 is 22.3 Å². The van der Waals surface area contributed by atoms with Crippen LogP contribution in [0.2, 0.25) is 0 Å². The molecule has 0 aliphatic rings. The summed E-state index contributed by atoms with van der Waals surface area (Å²) in [6.07, 6.45) is 0.858. The number of carbonyl (C=O) groups is 1. The maximum Gasteiger partial charge on any atom is 0.253 e. The van der Waals surface area contributed by atoms with Crippen LogP contribution in [0.15, 0.2) is 36.4 Å². The van der Waals surface area contributed by atoms with Gasteiger partial charge in [0.25, 0.3) is 5.91 Å². The summed E-state index contributed by atoms with van der Waals surface area (Å²) in [5, 5.41) is 3.26. The highest BCUT2D eigenvalue weighted by molar-refractivity contribution is 7.92. The van der Waals surface area contributed by atoms with E-state index in [1.807, 2.05) is 13.8 Å². The molecule has 0 saturated heterocycles. The molecule has 0 spiro atoms. The van der Waals surface area contributed by atoms with Gasteiger partial charge in [-0.15, -0.1) is 11.3 Å². The lowest BCUT2D eigenvalue weighted by Crippen LogP contribution is -2.18. The molecule has 0 aliphatic carbocycles. The summed E-state index contributed by atoms with van der Waals surface area (Å²) < 4.78 is 45.9. The fourth-order valence-corrected chi connectivity index (χ4v) is 4.69. The van der Waals surface area contributed by atoms with Gasteiger partial charge in [0.05, 0.1) is 23.6 Å². The number of thiophene rings is 1. The van der Waals surface area contributed by atoms with E-state index in [1.165, 1.54) is 30.5 Å². The third-order valence-electron chi connectivity index (χ3n) is 4.01. The largest absolute Gasteiger partial charge is 0.489 e. The maximum absolute atomic E-state index is 13.4. The number of ether oxygens (including phenoxy) is 1. The lowest BCUT2D eigenvalue weighted by Gasteiger charge is -2.15. The molecule has 9 heteroatoms. The summed E-state index contributed by atoms with van der Waals surface area (Å²) >= 11 is 1.32. The normalized spacial score (nSPS) is 11.7. The predicted molar refractivity (Wildman–Crippen MR) is 115 cm³/mol. The SMILES string of the molecule is CNC(=O)c1c(-c2ccc(F)cc2)sc2cc(NS(C)(=O)=O)c(OC(C)C)cc12. The van der Waals surface area contributed by atoms with E-state index in [9.17, 15) is 17.6 Å². The van der Waals surface area contributed by atoms with Crippen LogP contribution < -0.4 is 14.8 Å². The third-order valence-corrected chi connectivity index (χ3v) is 5.80. The average Bonchev–Trinajstić information content (AvgIpc) is 2.98. The van der Waals surface area contributed by atoms with Gasteiger partial charge in [-0.3, -0.25) is 9.52 Å². The van der Waals surface area contributed by atoms with E-state index in [0.717, 1.165) is 6.26 Å². The van der Waals surface area contributed by atoms with Crippen molar-refractivity contribution >= 4 is 43.0 Å². The standard InChI is InChI=1S/C20H21FN2O4S2/c1-11(2)27-16-9-14-17(10-15(16)23-29(4,25)26)28-19(18(14)20(24)22-3)12-5-7-13(21)8-6-12/h5-11,23H,1-4H3,(H,22,24). The number of amides is 1. The molecule has 0 atom stereocenters. The third kappa shape index (κ3) is 4.68. The quantitative estimate of drug-likeness (QED) is 0.606. The summed E-state index contributed by atoms with van der Waals surface area (Å²) in [4.78, 5) is 13.3. The highest BCUT2D eigenvalue weighted by Crippen LogP contribution is 2.43. The molecule has 29 heavy (non-hydrogen) atoms. The fourth-order valence-electron chi connectivity index (χ4n) is 2.91. The van der Waals surface area contributed by atoms with Gasteiger partial charge in [0.1, 0.15) is 11.6 Å². The van der Waals surface area contributed by atoms with Crippen molar-refractivity contribution in [3.63, 3.8) is 0 Å². The lowest BCUT2D eigenvalue weighted by atomic mass is 10.0. The molecule has 3 rings (SSSR count). The first-order valence-electron chi connectivity index (χ1n) is 8.82. The Bertz CT molecular complexity index is 1170. The minimum Gasteiger partial charge on any atom is -0.489 e. The zero-order valence-corrected chi connectivity index (χ0v) is 18.0. The van der Waals surface area contributed by atoms with Crippen LogP contribution in [-0.4, -0.2) is 33.7 Å². The molecule has 6 nitrogen and oxygen atoms in total. The average molecular weight is 437 g/mol.